The first kappa shape index (κ1) is 11.4. The molecule has 1 aromatic rings. The van der Waals surface area contributed by atoms with Crippen LogP contribution >= 0.6 is 11.3 Å². The summed E-state index contributed by atoms with van der Waals surface area (Å²) in [5.74, 6) is -0.262. The molecule has 15 heavy (non-hydrogen) atoms. The van der Waals surface area contributed by atoms with Crippen molar-refractivity contribution in [1.29, 1.82) is 5.26 Å². The number of anilines is 1. The second-order valence-corrected chi connectivity index (χ2v) is 3.75. The minimum Gasteiger partial charge on any atom is -0.360 e. The molecule has 0 aromatic carbocycles. The molecule has 0 spiro atoms. The van der Waals surface area contributed by atoms with Crippen molar-refractivity contribution in [2.75, 3.05) is 11.9 Å². The van der Waals surface area contributed by atoms with Gasteiger partial charge in [0.1, 0.15) is 0 Å². The molecule has 6 nitrogen and oxygen atoms in total. The molecule has 0 unspecified atom stereocenters. The van der Waals surface area contributed by atoms with E-state index in [4.69, 9.17) is 5.26 Å². The summed E-state index contributed by atoms with van der Waals surface area (Å²) >= 11 is 1.26. The van der Waals surface area contributed by atoms with Crippen molar-refractivity contribution in [1.82, 2.24) is 15.5 Å². The van der Waals surface area contributed by atoms with E-state index in [1.807, 2.05) is 13.0 Å². The van der Waals surface area contributed by atoms with Crippen LogP contribution in [0.1, 0.15) is 24.9 Å². The Morgan fingerprint density at radius 1 is 1.67 bits per heavy atom. The molecule has 1 aromatic heterocycles. The summed E-state index contributed by atoms with van der Waals surface area (Å²) in [6.45, 7) is 4.04. The Labute approximate surface area is 91.3 Å². The van der Waals surface area contributed by atoms with Gasteiger partial charge in [0, 0.05) is 13.5 Å². The molecular formula is C8H11N5OS. The van der Waals surface area contributed by atoms with E-state index in [0.717, 1.165) is 6.54 Å². The van der Waals surface area contributed by atoms with Crippen molar-refractivity contribution in [2.45, 2.75) is 19.9 Å². The average Bonchev–Trinajstić information content (AvgIpc) is 2.63. The van der Waals surface area contributed by atoms with Crippen molar-refractivity contribution >= 4 is 22.4 Å². The van der Waals surface area contributed by atoms with Gasteiger partial charge >= 0.3 is 0 Å². The number of hydrogen-bond donors (Lipinski definition) is 2. The number of amides is 1. The Morgan fingerprint density at radius 2 is 2.40 bits per heavy atom. The minimum atomic E-state index is -0.715. The molecule has 0 aliphatic carbocycles. The van der Waals surface area contributed by atoms with E-state index < -0.39 is 6.04 Å². The van der Waals surface area contributed by atoms with Crippen molar-refractivity contribution < 1.29 is 4.79 Å². The Morgan fingerprint density at radius 3 is 2.93 bits per heavy atom. The summed E-state index contributed by atoms with van der Waals surface area (Å²) in [5.41, 5.74) is 0. The summed E-state index contributed by atoms with van der Waals surface area (Å²) in [5, 5.41) is 23.1. The van der Waals surface area contributed by atoms with Gasteiger partial charge in [-0.2, -0.15) is 5.26 Å². The number of nitriles is 1. The fourth-order valence-electron chi connectivity index (χ4n) is 0.926. The van der Waals surface area contributed by atoms with Crippen molar-refractivity contribution in [3.8, 4) is 6.07 Å². The van der Waals surface area contributed by atoms with Gasteiger partial charge in [0.05, 0.1) is 6.07 Å². The van der Waals surface area contributed by atoms with Crippen LogP contribution in [0.5, 0.6) is 0 Å². The number of carbonyl (C=O) groups excluding carboxylic acids is 1. The molecule has 0 aliphatic rings. The monoisotopic (exact) mass is 225 g/mol. The van der Waals surface area contributed by atoms with Crippen molar-refractivity contribution in [2.24, 2.45) is 0 Å². The lowest BCUT2D eigenvalue weighted by atomic mass is 10.3. The standard InChI is InChI=1S/C8H11N5OS/c1-3-10-8-13-12-7(15-8)6(4-9)11-5(2)14/h6H,3H2,1-2H3,(H,10,13)(H,11,14)/t6-/m0/s1. The van der Waals surface area contributed by atoms with Crippen LogP contribution in [0.4, 0.5) is 5.13 Å². The lowest BCUT2D eigenvalue weighted by Crippen LogP contribution is -2.24. The molecule has 0 bridgehead atoms. The van der Waals surface area contributed by atoms with E-state index in [-0.39, 0.29) is 5.91 Å². The average molecular weight is 225 g/mol. The molecule has 1 rings (SSSR count). The number of nitrogens with one attached hydrogen (secondary N) is 2. The summed E-state index contributed by atoms with van der Waals surface area (Å²) in [6.07, 6.45) is 0. The number of aromatic nitrogens is 2. The summed E-state index contributed by atoms with van der Waals surface area (Å²) in [4.78, 5) is 10.8. The van der Waals surface area contributed by atoms with Gasteiger partial charge in [0.15, 0.2) is 11.0 Å². The van der Waals surface area contributed by atoms with Gasteiger partial charge in [-0.05, 0) is 6.92 Å². The molecule has 0 aliphatic heterocycles. The first-order chi connectivity index (χ1) is 7.17. The van der Waals surface area contributed by atoms with Gasteiger partial charge in [-0.3, -0.25) is 4.79 Å². The first-order valence-electron chi connectivity index (χ1n) is 4.41. The van der Waals surface area contributed by atoms with Crippen LogP contribution in [-0.2, 0) is 4.79 Å². The number of carbonyl (C=O) groups is 1. The van der Waals surface area contributed by atoms with Crippen molar-refractivity contribution in [3.05, 3.63) is 5.01 Å². The largest absolute Gasteiger partial charge is 0.360 e. The second-order valence-electron chi connectivity index (χ2n) is 2.74. The third-order valence-corrected chi connectivity index (χ3v) is 2.44. The maximum absolute atomic E-state index is 10.8. The highest BCUT2D eigenvalue weighted by Crippen LogP contribution is 2.20. The van der Waals surface area contributed by atoms with Gasteiger partial charge in [0.25, 0.3) is 0 Å². The van der Waals surface area contributed by atoms with Crippen LogP contribution in [0.3, 0.4) is 0 Å². The molecule has 0 saturated carbocycles. The van der Waals surface area contributed by atoms with Gasteiger partial charge in [-0.15, -0.1) is 10.2 Å². The zero-order chi connectivity index (χ0) is 11.3. The molecule has 7 heteroatoms. The van der Waals surface area contributed by atoms with Gasteiger partial charge in [-0.1, -0.05) is 11.3 Å². The maximum atomic E-state index is 10.8. The third kappa shape index (κ3) is 3.18. The van der Waals surface area contributed by atoms with Gasteiger partial charge in [0.2, 0.25) is 11.0 Å². The Kier molecular flexibility index (Phi) is 4.00. The smallest absolute Gasteiger partial charge is 0.218 e. The minimum absolute atomic E-state index is 0.262. The number of nitrogens with zero attached hydrogens (tertiary/aromatic N) is 3. The highest BCUT2D eigenvalue weighted by Gasteiger charge is 2.16. The Balaban J connectivity index is 2.75. The quantitative estimate of drug-likeness (QED) is 0.786. The van der Waals surface area contributed by atoms with E-state index in [1.54, 1.807) is 0 Å². The molecule has 1 heterocycles. The van der Waals surface area contributed by atoms with E-state index >= 15 is 0 Å². The van der Waals surface area contributed by atoms with Crippen LogP contribution in [0.2, 0.25) is 0 Å². The van der Waals surface area contributed by atoms with Crippen LogP contribution in [0.15, 0.2) is 0 Å². The first-order valence-corrected chi connectivity index (χ1v) is 5.23. The molecule has 2 N–H and O–H groups in total. The molecule has 1 amide bonds. The van der Waals surface area contributed by atoms with Crippen molar-refractivity contribution in [3.63, 3.8) is 0 Å². The summed E-state index contributed by atoms with van der Waals surface area (Å²) in [6, 6.07) is 1.24. The predicted molar refractivity (Wildman–Crippen MR) is 56.2 cm³/mol. The third-order valence-electron chi connectivity index (χ3n) is 1.49. The van der Waals surface area contributed by atoms with Gasteiger partial charge < -0.3 is 10.6 Å². The van der Waals surface area contributed by atoms with Crippen LogP contribution < -0.4 is 10.6 Å². The van der Waals surface area contributed by atoms with Crippen LogP contribution in [0.25, 0.3) is 0 Å². The van der Waals surface area contributed by atoms with E-state index in [0.29, 0.717) is 10.1 Å². The number of hydrogen-bond acceptors (Lipinski definition) is 6. The Hall–Kier alpha value is -1.68. The number of rotatable bonds is 4. The molecule has 1 atom stereocenters. The zero-order valence-corrected chi connectivity index (χ0v) is 9.26. The molecule has 80 valence electrons. The van der Waals surface area contributed by atoms with E-state index in [9.17, 15) is 4.79 Å². The lowest BCUT2D eigenvalue weighted by molar-refractivity contribution is -0.119. The highest BCUT2D eigenvalue weighted by atomic mass is 32.1. The highest BCUT2D eigenvalue weighted by molar-refractivity contribution is 7.15. The molecule has 0 fully saturated rings. The van der Waals surface area contributed by atoms with E-state index in [1.165, 1.54) is 18.3 Å². The molecule has 0 saturated heterocycles. The van der Waals surface area contributed by atoms with Gasteiger partial charge in [-0.25, -0.2) is 0 Å². The summed E-state index contributed by atoms with van der Waals surface area (Å²) in [7, 11) is 0. The Bertz CT molecular complexity index is 383. The fraction of sp³-hybridized carbons (Fsp3) is 0.500. The summed E-state index contributed by atoms with van der Waals surface area (Å²) < 4.78 is 0. The normalized spacial score (nSPS) is 11.5. The second kappa shape index (κ2) is 5.26. The lowest BCUT2D eigenvalue weighted by Gasteiger charge is -2.04. The molecule has 0 radical (unpaired) electrons. The van der Waals surface area contributed by atoms with Crippen LogP contribution in [0, 0.1) is 11.3 Å². The van der Waals surface area contributed by atoms with Crippen LogP contribution in [-0.4, -0.2) is 22.6 Å². The fourth-order valence-corrected chi connectivity index (χ4v) is 1.73. The topological polar surface area (TPSA) is 90.7 Å². The predicted octanol–water partition coefficient (Wildman–Crippen LogP) is 0.671. The maximum Gasteiger partial charge on any atom is 0.218 e. The molecular weight excluding hydrogens is 214 g/mol. The SMILES string of the molecule is CCNc1nnc([C@H](C#N)NC(C)=O)s1. The zero-order valence-electron chi connectivity index (χ0n) is 8.44. The van der Waals surface area contributed by atoms with E-state index in [2.05, 4.69) is 20.8 Å².